The van der Waals surface area contributed by atoms with Crippen molar-refractivity contribution in [2.24, 2.45) is 0 Å². The fraction of sp³-hybridized carbons (Fsp3) is 1.00. The van der Waals surface area contributed by atoms with Crippen molar-refractivity contribution in [2.45, 2.75) is 30.8 Å². The standard InChI is InChI=1S/C6H14B2O2/c1-6(8)3-10-4(2-7)5(6)9/h4-5,9H,2-3,7-8H2,1H3. The molecule has 1 N–H and O–H groups in total. The Kier molecular flexibility index (Phi) is 2.11. The highest BCUT2D eigenvalue weighted by molar-refractivity contribution is 6.16. The summed E-state index contributed by atoms with van der Waals surface area (Å²) >= 11 is 0. The number of ether oxygens (including phenoxy) is 1. The summed E-state index contributed by atoms with van der Waals surface area (Å²) in [4.78, 5) is 0. The van der Waals surface area contributed by atoms with Gasteiger partial charge in [-0.3, -0.25) is 0 Å². The van der Waals surface area contributed by atoms with Gasteiger partial charge in [0.25, 0.3) is 0 Å². The molecule has 2 nitrogen and oxygen atoms in total. The van der Waals surface area contributed by atoms with Gasteiger partial charge in [-0.15, -0.1) is 0 Å². The molecular weight excluding hydrogens is 126 g/mol. The number of aliphatic hydroxyl groups is 1. The van der Waals surface area contributed by atoms with Gasteiger partial charge >= 0.3 is 0 Å². The molecule has 0 aliphatic carbocycles. The van der Waals surface area contributed by atoms with Gasteiger partial charge in [-0.25, -0.2) is 0 Å². The second-order valence-corrected chi connectivity index (χ2v) is 3.69. The minimum atomic E-state index is -0.280. The van der Waals surface area contributed by atoms with Crippen LogP contribution in [-0.4, -0.2) is 39.6 Å². The maximum absolute atomic E-state index is 9.59. The summed E-state index contributed by atoms with van der Waals surface area (Å²) < 4.78 is 5.38. The van der Waals surface area contributed by atoms with Crippen molar-refractivity contribution in [1.29, 1.82) is 0 Å². The van der Waals surface area contributed by atoms with E-state index in [-0.39, 0.29) is 17.5 Å². The van der Waals surface area contributed by atoms with E-state index in [9.17, 15) is 5.11 Å². The van der Waals surface area contributed by atoms with Crippen LogP contribution in [0.2, 0.25) is 11.6 Å². The first-order chi connectivity index (χ1) is 4.58. The first kappa shape index (κ1) is 8.15. The lowest BCUT2D eigenvalue weighted by Gasteiger charge is -2.21. The average molecular weight is 140 g/mol. The molecule has 0 amide bonds. The van der Waals surface area contributed by atoms with Crippen molar-refractivity contribution in [2.75, 3.05) is 6.61 Å². The van der Waals surface area contributed by atoms with Crippen LogP contribution in [0.15, 0.2) is 0 Å². The summed E-state index contributed by atoms with van der Waals surface area (Å²) in [5.41, 5.74) is 0. The molecule has 0 aromatic heterocycles. The largest absolute Gasteiger partial charge is 0.391 e. The van der Waals surface area contributed by atoms with Crippen LogP contribution < -0.4 is 0 Å². The monoisotopic (exact) mass is 140 g/mol. The Morgan fingerprint density at radius 3 is 2.60 bits per heavy atom. The van der Waals surface area contributed by atoms with E-state index in [1.54, 1.807) is 0 Å². The molecule has 3 atom stereocenters. The van der Waals surface area contributed by atoms with Gasteiger partial charge in [0.2, 0.25) is 0 Å². The van der Waals surface area contributed by atoms with E-state index in [2.05, 4.69) is 0 Å². The number of rotatable bonds is 1. The van der Waals surface area contributed by atoms with E-state index in [1.807, 2.05) is 22.6 Å². The van der Waals surface area contributed by atoms with Crippen molar-refractivity contribution in [1.82, 2.24) is 0 Å². The van der Waals surface area contributed by atoms with Gasteiger partial charge in [-0.05, 0) is 5.31 Å². The highest BCUT2D eigenvalue weighted by Crippen LogP contribution is 2.36. The van der Waals surface area contributed by atoms with Crippen molar-refractivity contribution < 1.29 is 9.84 Å². The van der Waals surface area contributed by atoms with Crippen molar-refractivity contribution in [3.05, 3.63) is 0 Å². The quantitative estimate of drug-likeness (QED) is 0.454. The smallest absolute Gasteiger partial charge is 0.115 e. The first-order valence-electron chi connectivity index (χ1n) is 3.87. The van der Waals surface area contributed by atoms with E-state index in [0.29, 0.717) is 6.61 Å². The first-order valence-corrected chi connectivity index (χ1v) is 3.87. The molecule has 1 fully saturated rings. The molecule has 3 unspecified atom stereocenters. The SMILES string of the molecule is BCC1OCC(B)(C)C1O. The molecular formula is C6H14B2O2. The highest BCUT2D eigenvalue weighted by atomic mass is 16.5. The average Bonchev–Trinajstić information content (AvgIpc) is 2.10. The molecule has 1 rings (SSSR count). The van der Waals surface area contributed by atoms with Gasteiger partial charge in [0.15, 0.2) is 0 Å². The van der Waals surface area contributed by atoms with Gasteiger partial charge < -0.3 is 9.84 Å². The zero-order chi connectivity index (χ0) is 7.78. The van der Waals surface area contributed by atoms with E-state index in [0.717, 1.165) is 6.32 Å². The molecule has 1 saturated heterocycles. The van der Waals surface area contributed by atoms with Crippen LogP contribution in [0.3, 0.4) is 0 Å². The summed E-state index contributed by atoms with van der Waals surface area (Å²) in [5.74, 6) is 0. The van der Waals surface area contributed by atoms with Crippen molar-refractivity contribution in [3.63, 3.8) is 0 Å². The van der Waals surface area contributed by atoms with Crippen LogP contribution in [0.5, 0.6) is 0 Å². The predicted molar refractivity (Wildman–Crippen MR) is 46.0 cm³/mol. The van der Waals surface area contributed by atoms with Crippen molar-refractivity contribution >= 4 is 15.7 Å². The number of hydrogen-bond acceptors (Lipinski definition) is 2. The predicted octanol–water partition coefficient (Wildman–Crippen LogP) is -1.39. The maximum atomic E-state index is 9.59. The Hall–Kier alpha value is 0.0499. The Labute approximate surface area is 63.8 Å². The summed E-state index contributed by atoms with van der Waals surface area (Å²) in [7, 11) is 4.07. The summed E-state index contributed by atoms with van der Waals surface area (Å²) in [6, 6.07) is 0. The molecule has 0 aromatic rings. The third kappa shape index (κ3) is 1.23. The minimum absolute atomic E-state index is 0.0410. The molecule has 0 spiro atoms. The molecule has 4 heteroatoms. The van der Waals surface area contributed by atoms with Crippen LogP contribution in [0, 0.1) is 0 Å². The maximum Gasteiger partial charge on any atom is 0.115 e. The molecule has 1 aliphatic rings. The molecule has 0 bridgehead atoms. The fourth-order valence-corrected chi connectivity index (χ4v) is 1.34. The normalized spacial score (nSPS) is 47.8. The summed E-state index contributed by atoms with van der Waals surface area (Å²) in [6.45, 7) is 2.72. The highest BCUT2D eigenvalue weighted by Gasteiger charge is 2.40. The Morgan fingerprint density at radius 2 is 2.40 bits per heavy atom. The minimum Gasteiger partial charge on any atom is -0.391 e. The Morgan fingerprint density at radius 1 is 1.80 bits per heavy atom. The second kappa shape index (κ2) is 2.59. The van der Waals surface area contributed by atoms with Crippen LogP contribution in [-0.2, 0) is 4.74 Å². The van der Waals surface area contributed by atoms with Gasteiger partial charge in [0, 0.05) is 6.61 Å². The topological polar surface area (TPSA) is 29.5 Å². The van der Waals surface area contributed by atoms with E-state index in [1.165, 1.54) is 0 Å². The molecule has 1 aliphatic heterocycles. The lowest BCUT2D eigenvalue weighted by atomic mass is 9.66. The zero-order valence-corrected chi connectivity index (χ0v) is 6.92. The van der Waals surface area contributed by atoms with Gasteiger partial charge in [0.1, 0.15) is 15.7 Å². The van der Waals surface area contributed by atoms with Gasteiger partial charge in [-0.1, -0.05) is 13.2 Å². The van der Waals surface area contributed by atoms with E-state index < -0.39 is 0 Å². The third-order valence-electron chi connectivity index (χ3n) is 2.22. The Bertz CT molecular complexity index is 127. The number of aliphatic hydroxyl groups excluding tert-OH is 1. The van der Waals surface area contributed by atoms with Crippen LogP contribution in [0.1, 0.15) is 6.92 Å². The summed E-state index contributed by atoms with van der Waals surface area (Å²) in [6.07, 6.45) is 0.692. The van der Waals surface area contributed by atoms with Crippen LogP contribution in [0.4, 0.5) is 0 Å². The number of hydrogen-bond donors (Lipinski definition) is 1. The zero-order valence-electron chi connectivity index (χ0n) is 6.92. The lowest BCUT2D eigenvalue weighted by molar-refractivity contribution is 0.0538. The van der Waals surface area contributed by atoms with Crippen LogP contribution in [0.25, 0.3) is 0 Å². The third-order valence-corrected chi connectivity index (χ3v) is 2.22. The molecule has 0 aromatic carbocycles. The fourth-order valence-electron chi connectivity index (χ4n) is 1.34. The van der Waals surface area contributed by atoms with E-state index >= 15 is 0 Å². The van der Waals surface area contributed by atoms with Gasteiger partial charge in [0.05, 0.1) is 12.2 Å². The Balaban J connectivity index is 2.58. The molecule has 10 heavy (non-hydrogen) atoms. The molecule has 0 radical (unpaired) electrons. The van der Waals surface area contributed by atoms with Crippen molar-refractivity contribution in [3.8, 4) is 0 Å². The second-order valence-electron chi connectivity index (χ2n) is 3.69. The van der Waals surface area contributed by atoms with Crippen LogP contribution >= 0.6 is 0 Å². The summed E-state index contributed by atoms with van der Waals surface area (Å²) in [5, 5.41) is 9.55. The molecule has 0 saturated carbocycles. The lowest BCUT2D eigenvalue weighted by Crippen LogP contribution is -2.29. The molecule has 56 valence electrons. The molecule has 1 heterocycles. The van der Waals surface area contributed by atoms with E-state index in [4.69, 9.17) is 4.74 Å². The van der Waals surface area contributed by atoms with Gasteiger partial charge in [-0.2, -0.15) is 0 Å².